The molecule has 0 aromatic heterocycles. The summed E-state index contributed by atoms with van der Waals surface area (Å²) in [6, 6.07) is 3.87. The van der Waals surface area contributed by atoms with E-state index in [0.29, 0.717) is 24.1 Å². The molecular formula is C17H18FNO2. The maximum absolute atomic E-state index is 14.2. The molecule has 110 valence electrons. The number of carbonyl (C=O) groups is 1. The molecule has 2 bridgehead atoms. The molecule has 4 atom stereocenters. The second-order valence-electron chi connectivity index (χ2n) is 7.06. The van der Waals surface area contributed by atoms with E-state index in [1.165, 1.54) is 11.6 Å². The summed E-state index contributed by atoms with van der Waals surface area (Å²) in [7, 11) is 2.17. The van der Waals surface area contributed by atoms with Crippen LogP contribution >= 0.6 is 0 Å². The lowest BCUT2D eigenvalue weighted by molar-refractivity contribution is -0.138. The molecule has 2 heterocycles. The topological polar surface area (TPSA) is 29.5 Å². The van der Waals surface area contributed by atoms with E-state index >= 15 is 0 Å². The van der Waals surface area contributed by atoms with Gasteiger partial charge in [0.2, 0.25) is 0 Å². The minimum Gasteiger partial charge on any atom is -0.478 e. The van der Waals surface area contributed by atoms with Gasteiger partial charge in [-0.1, -0.05) is 6.07 Å². The predicted octanol–water partition coefficient (Wildman–Crippen LogP) is 2.06. The molecule has 0 amide bonds. The van der Waals surface area contributed by atoms with Crippen molar-refractivity contribution in [2.75, 3.05) is 13.6 Å². The maximum atomic E-state index is 14.2. The van der Waals surface area contributed by atoms with Crippen molar-refractivity contribution < 1.29 is 13.9 Å². The van der Waals surface area contributed by atoms with Gasteiger partial charge in [-0.25, -0.2) is 4.39 Å². The Morgan fingerprint density at radius 1 is 1.43 bits per heavy atom. The highest BCUT2D eigenvalue weighted by molar-refractivity contribution is 5.88. The first-order valence-corrected chi connectivity index (χ1v) is 7.84. The Bertz CT molecular complexity index is 673. The summed E-state index contributed by atoms with van der Waals surface area (Å²) in [4.78, 5) is 14.9. The third-order valence-corrected chi connectivity index (χ3v) is 6.36. The van der Waals surface area contributed by atoms with E-state index in [-0.39, 0.29) is 17.0 Å². The number of ketones is 1. The molecule has 0 unspecified atom stereocenters. The summed E-state index contributed by atoms with van der Waals surface area (Å²) in [5, 5.41) is 0. The van der Waals surface area contributed by atoms with Crippen LogP contribution < -0.4 is 4.74 Å². The van der Waals surface area contributed by atoms with Crippen molar-refractivity contribution in [3.8, 4) is 5.75 Å². The number of piperidine rings is 1. The average Bonchev–Trinajstić information content (AvgIpc) is 2.83. The lowest BCUT2D eigenvalue weighted by atomic mass is 9.52. The number of benzene rings is 1. The molecule has 1 spiro atoms. The van der Waals surface area contributed by atoms with Crippen molar-refractivity contribution in [3.63, 3.8) is 0 Å². The van der Waals surface area contributed by atoms with E-state index in [2.05, 4.69) is 11.9 Å². The number of Topliss-reactive ketones (excluding diaryl/α,β-unsaturated/α-hetero) is 1. The number of rotatable bonds is 0. The van der Waals surface area contributed by atoms with Gasteiger partial charge in [0.15, 0.2) is 23.5 Å². The standard InChI is InChI=1S/C17H18FNO2/c1-19-7-6-17-10-3-5-13(20)16(17)21-15-11(18)4-2-9(14(15)17)8-12(10)19/h2,4,10,12,16H,3,5-8H2,1H3/t10-,12+,16-,17-/m0/s1/i18-1. The highest BCUT2D eigenvalue weighted by Gasteiger charge is 2.65. The Morgan fingerprint density at radius 2 is 2.29 bits per heavy atom. The van der Waals surface area contributed by atoms with Crippen LogP contribution in [0.2, 0.25) is 0 Å². The molecule has 2 fully saturated rings. The average molecular weight is 286 g/mol. The molecule has 1 aromatic carbocycles. The van der Waals surface area contributed by atoms with Crippen LogP contribution in [0, 0.1) is 11.7 Å². The summed E-state index contributed by atoms with van der Waals surface area (Å²) >= 11 is 0. The summed E-state index contributed by atoms with van der Waals surface area (Å²) < 4.78 is 20.2. The molecule has 5 rings (SSSR count). The first-order valence-electron chi connectivity index (χ1n) is 7.84. The Labute approximate surface area is 123 Å². The Kier molecular flexibility index (Phi) is 2.12. The van der Waals surface area contributed by atoms with Gasteiger partial charge in [0.1, 0.15) is 0 Å². The molecule has 4 aliphatic rings. The van der Waals surface area contributed by atoms with Gasteiger partial charge in [0.25, 0.3) is 0 Å². The van der Waals surface area contributed by atoms with Crippen LogP contribution in [0.25, 0.3) is 0 Å². The van der Waals surface area contributed by atoms with Crippen LogP contribution in [0.3, 0.4) is 0 Å². The molecule has 1 saturated carbocycles. The number of likely N-dealkylation sites (N-methyl/N-ethyl adjacent to an activating group) is 1. The molecule has 1 saturated heterocycles. The second-order valence-corrected chi connectivity index (χ2v) is 7.06. The number of nitrogens with zero attached hydrogens (tertiary/aromatic N) is 1. The number of likely N-dealkylation sites (tertiary alicyclic amines) is 1. The highest BCUT2D eigenvalue weighted by atomic mass is 18.2. The van der Waals surface area contributed by atoms with E-state index in [4.69, 9.17) is 4.74 Å². The van der Waals surface area contributed by atoms with Crippen LogP contribution in [0.1, 0.15) is 30.4 Å². The minimum atomic E-state index is -0.446. The number of carbonyl (C=O) groups excluding carboxylic acids is 1. The van der Waals surface area contributed by atoms with Crippen molar-refractivity contribution in [1.29, 1.82) is 0 Å². The summed E-state index contributed by atoms with van der Waals surface area (Å²) in [6.45, 7) is 0.962. The predicted molar refractivity (Wildman–Crippen MR) is 75.0 cm³/mol. The molecule has 21 heavy (non-hydrogen) atoms. The fourth-order valence-corrected chi connectivity index (χ4v) is 5.50. The summed E-state index contributed by atoms with van der Waals surface area (Å²) in [6.07, 6.45) is 2.91. The van der Waals surface area contributed by atoms with E-state index in [0.717, 1.165) is 31.4 Å². The van der Waals surface area contributed by atoms with Crippen molar-refractivity contribution in [1.82, 2.24) is 4.90 Å². The minimum absolute atomic E-state index is 0.165. The summed E-state index contributed by atoms with van der Waals surface area (Å²) in [5.74, 6) is 0.662. The number of hydrogen-bond donors (Lipinski definition) is 0. The molecule has 3 nitrogen and oxygen atoms in total. The van der Waals surface area contributed by atoms with Gasteiger partial charge in [-0.2, -0.15) is 0 Å². The van der Waals surface area contributed by atoms with Crippen LogP contribution in [0.15, 0.2) is 12.1 Å². The zero-order valence-electron chi connectivity index (χ0n) is 12.1. The molecule has 0 radical (unpaired) electrons. The fraction of sp³-hybridized carbons (Fsp3) is 0.588. The van der Waals surface area contributed by atoms with Crippen LogP contribution in [0.5, 0.6) is 5.75 Å². The van der Waals surface area contributed by atoms with Gasteiger partial charge in [-0.3, -0.25) is 4.79 Å². The largest absolute Gasteiger partial charge is 0.478 e. The van der Waals surface area contributed by atoms with Gasteiger partial charge < -0.3 is 9.64 Å². The summed E-state index contributed by atoms with van der Waals surface area (Å²) in [5.41, 5.74) is 1.98. The van der Waals surface area contributed by atoms with Crippen molar-refractivity contribution in [2.24, 2.45) is 5.92 Å². The van der Waals surface area contributed by atoms with E-state index in [1.54, 1.807) is 0 Å². The van der Waals surface area contributed by atoms with E-state index < -0.39 is 6.10 Å². The van der Waals surface area contributed by atoms with Crippen LogP contribution in [-0.2, 0) is 16.6 Å². The lowest BCUT2D eigenvalue weighted by Crippen LogP contribution is -2.65. The number of halogens is 1. The normalized spacial score (nSPS) is 39.9. The molecule has 2 aliphatic carbocycles. The zero-order valence-corrected chi connectivity index (χ0v) is 12.1. The monoisotopic (exact) mass is 286 g/mol. The Morgan fingerprint density at radius 3 is 3.14 bits per heavy atom. The third-order valence-electron chi connectivity index (χ3n) is 6.36. The number of hydrogen-bond acceptors (Lipinski definition) is 3. The first kappa shape index (κ1) is 12.2. The SMILES string of the molecule is CN1CC[C@]23c4c5ccc([18F])c4O[C@H]2C(=O)CC[C@H]3[C@H]1C5. The van der Waals surface area contributed by atoms with Crippen molar-refractivity contribution in [3.05, 3.63) is 29.1 Å². The third kappa shape index (κ3) is 1.22. The fourth-order valence-electron chi connectivity index (χ4n) is 5.50. The molecule has 2 aliphatic heterocycles. The van der Waals surface area contributed by atoms with Gasteiger partial charge in [-0.15, -0.1) is 0 Å². The van der Waals surface area contributed by atoms with Gasteiger partial charge in [0, 0.05) is 23.4 Å². The first-order chi connectivity index (χ1) is 10.1. The quantitative estimate of drug-likeness (QED) is 0.731. The molecule has 0 N–H and O–H groups in total. The van der Waals surface area contributed by atoms with Gasteiger partial charge in [-0.05, 0) is 50.4 Å². The molecule has 1 aromatic rings. The van der Waals surface area contributed by atoms with Crippen molar-refractivity contribution >= 4 is 5.78 Å². The molecule has 4 heteroatoms. The van der Waals surface area contributed by atoms with Gasteiger partial charge >= 0.3 is 0 Å². The Balaban J connectivity index is 1.83. The second kappa shape index (κ2) is 3.67. The Hall–Kier alpha value is -1.42. The zero-order chi connectivity index (χ0) is 14.4. The lowest BCUT2D eigenvalue weighted by Gasteiger charge is -2.57. The van der Waals surface area contributed by atoms with Crippen LogP contribution in [-0.4, -0.2) is 36.4 Å². The maximum Gasteiger partial charge on any atom is 0.174 e. The van der Waals surface area contributed by atoms with Gasteiger partial charge in [0.05, 0.1) is 0 Å². The smallest absolute Gasteiger partial charge is 0.174 e. The number of ether oxygens (including phenoxy) is 1. The van der Waals surface area contributed by atoms with E-state index in [9.17, 15) is 9.18 Å². The van der Waals surface area contributed by atoms with Crippen molar-refractivity contribution in [2.45, 2.75) is 43.2 Å². The highest BCUT2D eigenvalue weighted by Crippen LogP contribution is 2.61. The van der Waals surface area contributed by atoms with Crippen LogP contribution in [0.4, 0.5) is 4.39 Å². The van der Waals surface area contributed by atoms with E-state index in [1.807, 2.05) is 6.07 Å². The molecular weight excluding hydrogens is 268 g/mol.